The van der Waals surface area contributed by atoms with Gasteiger partial charge in [-0.05, 0) is 43.9 Å². The van der Waals surface area contributed by atoms with Gasteiger partial charge in [-0.15, -0.1) is 0 Å². The molecular weight excluding hydrogens is 316 g/mol. The molecule has 0 N–H and O–H groups in total. The van der Waals surface area contributed by atoms with E-state index in [4.69, 9.17) is 4.74 Å². The first-order valence-corrected chi connectivity index (χ1v) is 9.56. The maximum absolute atomic E-state index is 12.4. The molecule has 25 heavy (non-hydrogen) atoms. The minimum atomic E-state index is -0.583. The number of carbonyl (C=O) groups is 2. The Morgan fingerprint density at radius 1 is 1.24 bits per heavy atom. The molecule has 4 heteroatoms. The molecule has 0 spiro atoms. The highest BCUT2D eigenvalue weighted by Gasteiger charge is 2.55. The predicted octanol–water partition coefficient (Wildman–Crippen LogP) is 4.59. The van der Waals surface area contributed by atoms with E-state index in [1.807, 2.05) is 0 Å². The topological polar surface area (TPSA) is 52.6 Å². The minimum absolute atomic E-state index is 0.0753. The van der Waals surface area contributed by atoms with Crippen LogP contribution in [0.3, 0.4) is 0 Å². The van der Waals surface area contributed by atoms with E-state index in [2.05, 4.69) is 30.7 Å². The summed E-state index contributed by atoms with van der Waals surface area (Å²) in [4.78, 5) is 23.9. The van der Waals surface area contributed by atoms with Gasteiger partial charge in [0.1, 0.15) is 11.9 Å². The molecule has 0 amide bonds. The minimum Gasteiger partial charge on any atom is -0.438 e. The molecule has 0 aromatic heterocycles. The lowest BCUT2D eigenvalue weighted by Crippen LogP contribution is -2.45. The number of carbonyl (C=O) groups excluding carboxylic acids is 2. The summed E-state index contributed by atoms with van der Waals surface area (Å²) < 4.78 is 10.0. The quantitative estimate of drug-likeness (QED) is 0.516. The molecule has 5 atom stereocenters. The fraction of sp³-hybridized carbons (Fsp3) is 0.714. The van der Waals surface area contributed by atoms with E-state index >= 15 is 0 Å². The largest absolute Gasteiger partial charge is 0.508 e. The van der Waals surface area contributed by atoms with Gasteiger partial charge >= 0.3 is 6.16 Å². The second-order valence-corrected chi connectivity index (χ2v) is 8.69. The first-order chi connectivity index (χ1) is 11.9. The van der Waals surface area contributed by atoms with Gasteiger partial charge in [0.2, 0.25) is 0 Å². The Morgan fingerprint density at radius 2 is 2.04 bits per heavy atom. The smallest absolute Gasteiger partial charge is 0.438 e. The van der Waals surface area contributed by atoms with Crippen molar-refractivity contribution < 1.29 is 19.1 Å². The first kappa shape index (κ1) is 16.9. The van der Waals surface area contributed by atoms with E-state index in [1.165, 1.54) is 12.7 Å². The lowest BCUT2D eigenvalue weighted by Gasteiger charge is -2.52. The van der Waals surface area contributed by atoms with Crippen molar-refractivity contribution in [1.29, 1.82) is 0 Å². The van der Waals surface area contributed by atoms with Gasteiger partial charge < -0.3 is 9.47 Å². The first-order valence-electron chi connectivity index (χ1n) is 9.56. The zero-order valence-electron chi connectivity index (χ0n) is 15.5. The van der Waals surface area contributed by atoms with Crippen LogP contribution in [0.2, 0.25) is 0 Å². The number of Topliss-reactive ketones (excluding diaryl/α,β-unsaturated/α-hetero) is 1. The van der Waals surface area contributed by atoms with Crippen molar-refractivity contribution in [2.45, 2.75) is 64.9 Å². The van der Waals surface area contributed by atoms with Gasteiger partial charge in [0.15, 0.2) is 0 Å². The van der Waals surface area contributed by atoms with Crippen molar-refractivity contribution >= 4 is 11.9 Å². The monoisotopic (exact) mass is 344 g/mol. The fourth-order valence-corrected chi connectivity index (χ4v) is 6.00. The zero-order valence-corrected chi connectivity index (χ0v) is 15.5. The van der Waals surface area contributed by atoms with Crippen molar-refractivity contribution in [2.24, 2.45) is 22.7 Å². The summed E-state index contributed by atoms with van der Waals surface area (Å²) in [5, 5.41) is 0. The molecule has 0 saturated heterocycles. The maximum Gasteiger partial charge on any atom is 0.508 e. The van der Waals surface area contributed by atoms with Crippen LogP contribution in [0.15, 0.2) is 23.3 Å². The van der Waals surface area contributed by atoms with Gasteiger partial charge in [-0.3, -0.25) is 4.79 Å². The number of ketones is 1. The number of allylic oxidation sites excluding steroid dienone is 3. The van der Waals surface area contributed by atoms with Gasteiger partial charge in [-0.2, -0.15) is 0 Å². The summed E-state index contributed by atoms with van der Waals surface area (Å²) in [5.74, 6) is 1.47. The van der Waals surface area contributed by atoms with Crippen molar-refractivity contribution in [2.75, 3.05) is 7.11 Å². The Hall–Kier alpha value is -1.58. The average molecular weight is 344 g/mol. The highest BCUT2D eigenvalue weighted by Crippen LogP contribution is 2.61. The molecule has 4 rings (SSSR count). The number of hydrogen-bond donors (Lipinski definition) is 0. The van der Waals surface area contributed by atoms with Crippen LogP contribution in [0.1, 0.15) is 58.8 Å². The average Bonchev–Trinajstić information content (AvgIpc) is 2.90. The van der Waals surface area contributed by atoms with Crippen LogP contribution < -0.4 is 0 Å². The van der Waals surface area contributed by atoms with Crippen molar-refractivity contribution in [3.8, 4) is 0 Å². The summed E-state index contributed by atoms with van der Waals surface area (Å²) in [6, 6.07) is 0. The van der Waals surface area contributed by atoms with Gasteiger partial charge in [-0.25, -0.2) is 4.79 Å². The van der Waals surface area contributed by atoms with Crippen LogP contribution >= 0.6 is 0 Å². The van der Waals surface area contributed by atoms with E-state index in [0.29, 0.717) is 17.6 Å². The van der Waals surface area contributed by atoms with Gasteiger partial charge in [0.25, 0.3) is 0 Å². The molecule has 0 heterocycles. The molecule has 0 aromatic rings. The van der Waals surface area contributed by atoms with Crippen LogP contribution in [0.4, 0.5) is 4.79 Å². The molecule has 0 aromatic carbocycles. The Bertz CT molecular complexity index is 675. The number of ether oxygens (including phenoxy) is 2. The summed E-state index contributed by atoms with van der Waals surface area (Å²) in [7, 11) is 1.35. The zero-order chi connectivity index (χ0) is 17.8. The third-order valence-electron chi connectivity index (χ3n) is 7.58. The van der Waals surface area contributed by atoms with Gasteiger partial charge in [0.05, 0.1) is 7.11 Å². The van der Waals surface area contributed by atoms with E-state index in [1.54, 1.807) is 5.57 Å². The van der Waals surface area contributed by atoms with Crippen LogP contribution in [-0.2, 0) is 14.3 Å². The Kier molecular flexibility index (Phi) is 3.86. The predicted molar refractivity (Wildman–Crippen MR) is 94.0 cm³/mol. The number of fused-ring (bicyclic) bond motifs is 5. The van der Waals surface area contributed by atoms with Crippen LogP contribution in [0.5, 0.6) is 0 Å². The Morgan fingerprint density at radius 3 is 2.80 bits per heavy atom. The molecule has 0 bridgehead atoms. The fourth-order valence-electron chi connectivity index (χ4n) is 6.00. The number of rotatable bonds is 1. The van der Waals surface area contributed by atoms with Gasteiger partial charge in [0, 0.05) is 23.7 Å². The maximum atomic E-state index is 12.4. The van der Waals surface area contributed by atoms with Crippen LogP contribution in [0, 0.1) is 22.7 Å². The molecule has 2 fully saturated rings. The van der Waals surface area contributed by atoms with E-state index in [9.17, 15) is 9.59 Å². The molecule has 2 saturated carbocycles. The lowest BCUT2D eigenvalue weighted by molar-refractivity contribution is -0.127. The molecule has 0 aliphatic heterocycles. The Balaban J connectivity index is 1.60. The molecule has 136 valence electrons. The highest BCUT2D eigenvalue weighted by molar-refractivity contribution is 5.87. The standard InChI is InChI=1S/C21H28O4/c1-20-10-8-14(25-19(23)24-3)12-13(20)4-5-15-16-6-7-18(22)21(16,2)11-9-17(15)20/h4,9,14-16H,5-8,10-12H2,1-3H3. The van der Waals surface area contributed by atoms with Crippen LogP contribution in [-0.4, -0.2) is 25.2 Å². The molecule has 4 aliphatic carbocycles. The summed E-state index contributed by atoms with van der Waals surface area (Å²) >= 11 is 0. The summed E-state index contributed by atoms with van der Waals surface area (Å²) in [5.41, 5.74) is 2.90. The lowest BCUT2D eigenvalue weighted by atomic mass is 9.52. The third kappa shape index (κ3) is 2.40. The second kappa shape index (κ2) is 5.72. The highest BCUT2D eigenvalue weighted by atomic mass is 16.7. The molecular formula is C21H28O4. The normalized spacial score (nSPS) is 42.5. The third-order valence-corrected chi connectivity index (χ3v) is 7.58. The molecule has 4 aliphatic rings. The Labute approximate surface area is 149 Å². The second-order valence-electron chi connectivity index (χ2n) is 8.69. The summed E-state index contributed by atoms with van der Waals surface area (Å²) in [6.45, 7) is 4.54. The summed E-state index contributed by atoms with van der Waals surface area (Å²) in [6.07, 6.45) is 10.5. The van der Waals surface area contributed by atoms with Crippen molar-refractivity contribution in [3.05, 3.63) is 23.3 Å². The van der Waals surface area contributed by atoms with E-state index in [-0.39, 0.29) is 16.9 Å². The van der Waals surface area contributed by atoms with E-state index < -0.39 is 6.16 Å². The van der Waals surface area contributed by atoms with Crippen LogP contribution in [0.25, 0.3) is 0 Å². The van der Waals surface area contributed by atoms with E-state index in [0.717, 1.165) is 44.9 Å². The van der Waals surface area contributed by atoms with Gasteiger partial charge in [-0.1, -0.05) is 37.1 Å². The SMILES string of the molecule is COC(=O)OC1CCC2(C)C(=CCC3C2=CCC2(C)C(=O)CCC32)C1. The number of methoxy groups -OCH3 is 1. The molecule has 0 radical (unpaired) electrons. The van der Waals surface area contributed by atoms with Crippen molar-refractivity contribution in [1.82, 2.24) is 0 Å². The van der Waals surface area contributed by atoms with Crippen molar-refractivity contribution in [3.63, 3.8) is 0 Å². The molecule has 5 unspecified atom stereocenters. The number of hydrogen-bond acceptors (Lipinski definition) is 4. The molecule has 4 nitrogen and oxygen atoms in total.